The predicted molar refractivity (Wildman–Crippen MR) is 157 cm³/mol. The van der Waals surface area contributed by atoms with Gasteiger partial charge in [0.25, 0.3) is 11.8 Å². The summed E-state index contributed by atoms with van der Waals surface area (Å²) in [6, 6.07) is 25.5. The lowest BCUT2D eigenvalue weighted by atomic mass is 10.1. The van der Waals surface area contributed by atoms with Crippen molar-refractivity contribution in [3.05, 3.63) is 123 Å². The third-order valence-electron chi connectivity index (χ3n) is 5.66. The summed E-state index contributed by atoms with van der Waals surface area (Å²) in [5, 5.41) is 6.82. The van der Waals surface area contributed by atoms with Crippen LogP contribution in [-0.2, 0) is 0 Å². The summed E-state index contributed by atoms with van der Waals surface area (Å²) < 4.78 is 12.1. The number of nitrogens with one attached hydrogen (secondary N) is 2. The highest BCUT2D eigenvalue weighted by molar-refractivity contribution is 9.10. The minimum absolute atomic E-state index is 0.249. The molecule has 0 fully saturated rings. The van der Waals surface area contributed by atoms with Gasteiger partial charge in [0, 0.05) is 10.0 Å². The van der Waals surface area contributed by atoms with Crippen LogP contribution < -0.4 is 20.2 Å². The van der Waals surface area contributed by atoms with Crippen molar-refractivity contribution in [2.45, 2.75) is 13.8 Å². The topological polar surface area (TPSA) is 106 Å². The van der Waals surface area contributed by atoms with Gasteiger partial charge in [0.2, 0.25) is 0 Å². The normalized spacial score (nSPS) is 10.7. The molecule has 4 aromatic rings. The average Bonchev–Trinajstić information content (AvgIpc) is 2.95. The number of carbonyl (C=O) groups is 3. The molecular formula is C31H26BrN3O5. The van der Waals surface area contributed by atoms with E-state index in [4.69, 9.17) is 9.47 Å². The monoisotopic (exact) mass is 599 g/mol. The molecule has 0 unspecified atom stereocenters. The Morgan fingerprint density at radius 2 is 1.55 bits per heavy atom. The standard InChI is InChI=1S/C31H26BrN3O5/c1-3-39-28-18-21(10-17-27(28)40-31(38)23-11-8-20(2)9-12-23)19-33-35-30(37)25-6-4-5-7-26(25)34-29(36)22-13-15-24(32)16-14-22/h4-19H,3H2,1-2H3,(H,34,36)(H,35,37)/b33-19-. The lowest BCUT2D eigenvalue weighted by molar-refractivity contribution is 0.0728. The molecule has 0 aliphatic rings. The molecular weight excluding hydrogens is 574 g/mol. The van der Waals surface area contributed by atoms with Gasteiger partial charge in [-0.1, -0.05) is 45.8 Å². The molecule has 2 N–H and O–H groups in total. The molecule has 0 radical (unpaired) electrons. The van der Waals surface area contributed by atoms with Crippen molar-refractivity contribution in [1.29, 1.82) is 0 Å². The van der Waals surface area contributed by atoms with Crippen LogP contribution in [0.2, 0.25) is 0 Å². The van der Waals surface area contributed by atoms with Crippen LogP contribution in [0.15, 0.2) is 101 Å². The predicted octanol–water partition coefficient (Wildman–Crippen LogP) is 6.39. The van der Waals surface area contributed by atoms with Crippen molar-refractivity contribution in [3.63, 3.8) is 0 Å². The first-order chi connectivity index (χ1) is 19.3. The van der Waals surface area contributed by atoms with E-state index in [1.54, 1.807) is 78.9 Å². The largest absolute Gasteiger partial charge is 0.490 e. The quantitative estimate of drug-likeness (QED) is 0.100. The van der Waals surface area contributed by atoms with Crippen LogP contribution in [-0.4, -0.2) is 30.6 Å². The molecule has 2 amide bonds. The van der Waals surface area contributed by atoms with Gasteiger partial charge < -0.3 is 14.8 Å². The maximum atomic E-state index is 12.9. The molecule has 202 valence electrons. The van der Waals surface area contributed by atoms with Crippen molar-refractivity contribution in [2.75, 3.05) is 11.9 Å². The number of carbonyl (C=O) groups excluding carboxylic acids is 3. The number of benzene rings is 4. The highest BCUT2D eigenvalue weighted by Gasteiger charge is 2.15. The van der Waals surface area contributed by atoms with E-state index in [1.807, 2.05) is 26.0 Å². The van der Waals surface area contributed by atoms with Gasteiger partial charge in [0.05, 0.1) is 29.6 Å². The Morgan fingerprint density at radius 3 is 2.27 bits per heavy atom. The highest BCUT2D eigenvalue weighted by Crippen LogP contribution is 2.29. The number of aryl methyl sites for hydroxylation is 1. The van der Waals surface area contributed by atoms with Gasteiger partial charge >= 0.3 is 5.97 Å². The number of hydrogen-bond donors (Lipinski definition) is 2. The lowest BCUT2D eigenvalue weighted by Gasteiger charge is -2.12. The Bertz CT molecular complexity index is 1550. The van der Waals surface area contributed by atoms with Gasteiger partial charge in [0.1, 0.15) is 0 Å². The van der Waals surface area contributed by atoms with Gasteiger partial charge in [0.15, 0.2) is 11.5 Å². The van der Waals surface area contributed by atoms with E-state index in [1.165, 1.54) is 6.21 Å². The molecule has 0 atom stereocenters. The number of anilines is 1. The number of ether oxygens (including phenoxy) is 2. The number of amides is 2. The zero-order chi connectivity index (χ0) is 28.5. The third-order valence-corrected chi connectivity index (χ3v) is 6.19. The Hall–Kier alpha value is -4.76. The Kier molecular flexibility index (Phi) is 9.43. The van der Waals surface area contributed by atoms with Crippen molar-refractivity contribution in [1.82, 2.24) is 5.43 Å². The van der Waals surface area contributed by atoms with Crippen LogP contribution >= 0.6 is 15.9 Å². The lowest BCUT2D eigenvalue weighted by Crippen LogP contribution is -2.21. The van der Waals surface area contributed by atoms with Crippen molar-refractivity contribution >= 4 is 45.6 Å². The van der Waals surface area contributed by atoms with E-state index in [0.717, 1.165) is 10.0 Å². The zero-order valence-corrected chi connectivity index (χ0v) is 23.4. The number of nitrogens with zero attached hydrogens (tertiary/aromatic N) is 1. The molecule has 0 spiro atoms. The Morgan fingerprint density at radius 1 is 0.850 bits per heavy atom. The second kappa shape index (κ2) is 13.3. The van der Waals surface area contributed by atoms with E-state index >= 15 is 0 Å². The second-order valence-corrected chi connectivity index (χ2v) is 9.52. The molecule has 0 heterocycles. The summed E-state index contributed by atoms with van der Waals surface area (Å²) in [6.07, 6.45) is 1.44. The number of rotatable bonds is 9. The number of hydrazone groups is 1. The molecule has 4 rings (SSSR count). The first kappa shape index (κ1) is 28.3. The fraction of sp³-hybridized carbons (Fsp3) is 0.0968. The van der Waals surface area contributed by atoms with E-state index in [2.05, 4.69) is 31.8 Å². The van der Waals surface area contributed by atoms with E-state index < -0.39 is 11.9 Å². The highest BCUT2D eigenvalue weighted by atomic mass is 79.9. The summed E-state index contributed by atoms with van der Waals surface area (Å²) in [5.41, 5.74) is 5.60. The second-order valence-electron chi connectivity index (χ2n) is 8.60. The van der Waals surface area contributed by atoms with Gasteiger partial charge in [-0.3, -0.25) is 9.59 Å². The van der Waals surface area contributed by atoms with Crippen LogP contribution in [0.25, 0.3) is 0 Å². The smallest absolute Gasteiger partial charge is 0.343 e. The maximum absolute atomic E-state index is 12.9. The summed E-state index contributed by atoms with van der Waals surface area (Å²) in [6.45, 7) is 4.11. The molecule has 0 aliphatic heterocycles. The molecule has 0 aliphatic carbocycles. The minimum atomic E-state index is -0.503. The van der Waals surface area contributed by atoms with Gasteiger partial charge in [-0.2, -0.15) is 5.10 Å². The average molecular weight is 600 g/mol. The first-order valence-corrected chi connectivity index (χ1v) is 13.2. The number of halogens is 1. The van der Waals surface area contributed by atoms with E-state index in [-0.39, 0.29) is 17.2 Å². The van der Waals surface area contributed by atoms with Gasteiger partial charge in [-0.25, -0.2) is 10.2 Å². The third kappa shape index (κ3) is 7.42. The maximum Gasteiger partial charge on any atom is 0.343 e. The number of hydrogen-bond acceptors (Lipinski definition) is 6. The van der Waals surface area contributed by atoms with Crippen molar-refractivity contribution in [2.24, 2.45) is 5.10 Å². The van der Waals surface area contributed by atoms with Crippen LogP contribution in [0, 0.1) is 6.92 Å². The Labute approximate surface area is 240 Å². The van der Waals surface area contributed by atoms with Crippen molar-refractivity contribution < 1.29 is 23.9 Å². The van der Waals surface area contributed by atoms with Gasteiger partial charge in [-0.15, -0.1) is 0 Å². The fourth-order valence-corrected chi connectivity index (χ4v) is 3.88. The molecule has 9 heteroatoms. The Balaban J connectivity index is 1.43. The SMILES string of the molecule is CCOc1cc(/C=N\NC(=O)c2ccccc2NC(=O)c2ccc(Br)cc2)ccc1OC(=O)c1ccc(C)cc1. The molecule has 0 saturated heterocycles. The van der Waals surface area contributed by atoms with E-state index in [0.29, 0.717) is 34.7 Å². The summed E-state index contributed by atoms with van der Waals surface area (Å²) in [4.78, 5) is 38.1. The van der Waals surface area contributed by atoms with Crippen molar-refractivity contribution in [3.8, 4) is 11.5 Å². The first-order valence-electron chi connectivity index (χ1n) is 12.4. The van der Waals surface area contributed by atoms with E-state index in [9.17, 15) is 14.4 Å². The van der Waals surface area contributed by atoms with Crippen LogP contribution in [0.1, 0.15) is 49.1 Å². The fourth-order valence-electron chi connectivity index (χ4n) is 3.62. The molecule has 8 nitrogen and oxygen atoms in total. The number of esters is 1. The summed E-state index contributed by atoms with van der Waals surface area (Å²) in [5.74, 6) is -0.719. The van der Waals surface area contributed by atoms with Crippen LogP contribution in [0.4, 0.5) is 5.69 Å². The van der Waals surface area contributed by atoms with Crippen LogP contribution in [0.3, 0.4) is 0 Å². The molecule has 40 heavy (non-hydrogen) atoms. The minimum Gasteiger partial charge on any atom is -0.490 e. The van der Waals surface area contributed by atoms with Gasteiger partial charge in [-0.05, 0) is 86.1 Å². The molecule has 0 saturated carbocycles. The zero-order valence-electron chi connectivity index (χ0n) is 21.8. The summed E-state index contributed by atoms with van der Waals surface area (Å²) >= 11 is 3.34. The summed E-state index contributed by atoms with van der Waals surface area (Å²) in [7, 11) is 0. The number of para-hydroxylation sites is 1. The van der Waals surface area contributed by atoms with Crippen LogP contribution in [0.5, 0.6) is 11.5 Å². The molecule has 0 aromatic heterocycles. The molecule has 4 aromatic carbocycles. The molecule has 0 bridgehead atoms.